The molecule has 0 bridgehead atoms. The van der Waals surface area contributed by atoms with Crippen molar-refractivity contribution in [3.8, 4) is 0 Å². The van der Waals surface area contributed by atoms with Crippen LogP contribution in [0.15, 0.2) is 18.5 Å². The molecule has 5 nitrogen and oxygen atoms in total. The zero-order valence-electron chi connectivity index (χ0n) is 10.1. The first-order chi connectivity index (χ1) is 8.46. The van der Waals surface area contributed by atoms with Crippen molar-refractivity contribution < 1.29 is 13.6 Å². The number of rotatable bonds is 4. The molecular formula is C11H16F2N4O. The van der Waals surface area contributed by atoms with E-state index in [0.717, 1.165) is 0 Å². The summed E-state index contributed by atoms with van der Waals surface area (Å²) in [6.45, 7) is 1.90. The fourth-order valence-electron chi connectivity index (χ4n) is 1.98. The number of hydrogen-bond acceptors (Lipinski definition) is 3. The minimum absolute atomic E-state index is 0.159. The van der Waals surface area contributed by atoms with Crippen LogP contribution in [0.1, 0.15) is 13.3 Å². The molecule has 2 unspecified atom stereocenters. The van der Waals surface area contributed by atoms with Crippen molar-refractivity contribution in [3.05, 3.63) is 18.5 Å². The van der Waals surface area contributed by atoms with Crippen LogP contribution in [-0.4, -0.2) is 40.2 Å². The van der Waals surface area contributed by atoms with Crippen molar-refractivity contribution in [2.75, 3.05) is 6.54 Å². The van der Waals surface area contributed by atoms with Gasteiger partial charge in [-0.05, 0) is 13.0 Å². The Bertz CT molecular complexity index is 407. The molecule has 0 aliphatic carbocycles. The Morgan fingerprint density at radius 2 is 2.50 bits per heavy atom. The van der Waals surface area contributed by atoms with E-state index in [1.807, 2.05) is 6.92 Å². The largest absolute Gasteiger partial charge is 0.350 e. The molecule has 2 N–H and O–H groups in total. The molecule has 1 aliphatic rings. The number of halogens is 2. The SMILES string of the molecule is CC(Cn1cccn1)NC(=O)C1CC(F)(F)CN1. The van der Waals surface area contributed by atoms with Gasteiger partial charge in [-0.2, -0.15) is 5.10 Å². The van der Waals surface area contributed by atoms with Crippen molar-refractivity contribution in [2.24, 2.45) is 0 Å². The summed E-state index contributed by atoms with van der Waals surface area (Å²) in [4.78, 5) is 11.7. The summed E-state index contributed by atoms with van der Waals surface area (Å²) in [5.74, 6) is -3.17. The Balaban J connectivity index is 1.81. The zero-order chi connectivity index (χ0) is 13.2. The second-order valence-corrected chi connectivity index (χ2v) is 4.63. The van der Waals surface area contributed by atoms with Gasteiger partial charge in [-0.1, -0.05) is 0 Å². The lowest BCUT2D eigenvalue weighted by molar-refractivity contribution is -0.124. The molecular weight excluding hydrogens is 242 g/mol. The smallest absolute Gasteiger partial charge is 0.262 e. The van der Waals surface area contributed by atoms with E-state index >= 15 is 0 Å². The molecule has 0 aromatic carbocycles. The molecule has 0 spiro atoms. The van der Waals surface area contributed by atoms with E-state index in [2.05, 4.69) is 15.7 Å². The van der Waals surface area contributed by atoms with Gasteiger partial charge in [0.05, 0.1) is 19.1 Å². The standard InChI is InChI=1S/C11H16F2N4O/c1-8(6-17-4-2-3-15-17)16-10(18)9-5-11(12,13)7-14-9/h2-4,8-9,14H,5-7H2,1H3,(H,16,18). The maximum absolute atomic E-state index is 12.9. The van der Waals surface area contributed by atoms with Crippen molar-refractivity contribution in [3.63, 3.8) is 0 Å². The number of nitrogens with zero attached hydrogens (tertiary/aromatic N) is 2. The topological polar surface area (TPSA) is 59.0 Å². The number of aromatic nitrogens is 2. The zero-order valence-corrected chi connectivity index (χ0v) is 10.1. The van der Waals surface area contributed by atoms with E-state index in [0.29, 0.717) is 6.54 Å². The fraction of sp³-hybridized carbons (Fsp3) is 0.636. The van der Waals surface area contributed by atoms with Crippen molar-refractivity contribution >= 4 is 5.91 Å². The lowest BCUT2D eigenvalue weighted by Crippen LogP contribution is -2.45. The second-order valence-electron chi connectivity index (χ2n) is 4.63. The first-order valence-electron chi connectivity index (χ1n) is 5.85. The molecule has 1 aromatic heterocycles. The van der Waals surface area contributed by atoms with Crippen LogP contribution in [0.2, 0.25) is 0 Å². The van der Waals surface area contributed by atoms with Crippen molar-refractivity contribution in [2.45, 2.75) is 37.9 Å². The summed E-state index contributed by atoms with van der Waals surface area (Å²) in [5, 5.41) is 9.24. The molecule has 1 aromatic rings. The summed E-state index contributed by atoms with van der Waals surface area (Å²) in [7, 11) is 0. The van der Waals surface area contributed by atoms with Gasteiger partial charge >= 0.3 is 0 Å². The van der Waals surface area contributed by atoms with Gasteiger partial charge in [-0.25, -0.2) is 8.78 Å². The van der Waals surface area contributed by atoms with Crippen LogP contribution in [0.3, 0.4) is 0 Å². The third-order valence-electron chi connectivity index (χ3n) is 2.84. The summed E-state index contributed by atoms with van der Waals surface area (Å²) in [6, 6.07) is 0.821. The molecule has 1 saturated heterocycles. The molecule has 2 atom stereocenters. The third kappa shape index (κ3) is 3.25. The van der Waals surface area contributed by atoms with Gasteiger partial charge in [0.2, 0.25) is 5.91 Å². The number of hydrogen-bond donors (Lipinski definition) is 2. The Morgan fingerprint density at radius 1 is 1.72 bits per heavy atom. The summed E-state index contributed by atoms with van der Waals surface area (Å²) >= 11 is 0. The van der Waals surface area contributed by atoms with Gasteiger partial charge < -0.3 is 5.32 Å². The molecule has 0 radical (unpaired) electrons. The highest BCUT2D eigenvalue weighted by molar-refractivity contribution is 5.82. The number of nitrogens with one attached hydrogen (secondary N) is 2. The van der Waals surface area contributed by atoms with E-state index in [-0.39, 0.29) is 11.9 Å². The quantitative estimate of drug-likeness (QED) is 0.821. The Kier molecular flexibility index (Phi) is 3.60. The van der Waals surface area contributed by atoms with Crippen LogP contribution >= 0.6 is 0 Å². The van der Waals surface area contributed by atoms with Gasteiger partial charge in [0.1, 0.15) is 0 Å². The summed E-state index contributed by atoms with van der Waals surface area (Å²) in [5.41, 5.74) is 0. The van der Waals surface area contributed by atoms with E-state index in [1.165, 1.54) is 0 Å². The summed E-state index contributed by atoms with van der Waals surface area (Å²) < 4.78 is 27.6. The first kappa shape index (κ1) is 12.9. The van der Waals surface area contributed by atoms with Gasteiger partial charge in [0.15, 0.2) is 0 Å². The van der Waals surface area contributed by atoms with E-state index in [1.54, 1.807) is 23.1 Å². The van der Waals surface area contributed by atoms with Crippen molar-refractivity contribution in [1.29, 1.82) is 0 Å². The number of carbonyl (C=O) groups is 1. The predicted molar refractivity (Wildman–Crippen MR) is 61.2 cm³/mol. The minimum Gasteiger partial charge on any atom is -0.350 e. The highest BCUT2D eigenvalue weighted by atomic mass is 19.3. The fourth-order valence-corrected chi connectivity index (χ4v) is 1.98. The first-order valence-corrected chi connectivity index (χ1v) is 5.85. The molecule has 100 valence electrons. The molecule has 1 amide bonds. The van der Waals surface area contributed by atoms with Crippen LogP contribution in [0, 0.1) is 0 Å². The number of alkyl halides is 2. The monoisotopic (exact) mass is 258 g/mol. The maximum atomic E-state index is 12.9. The molecule has 0 saturated carbocycles. The average molecular weight is 258 g/mol. The van der Waals surface area contributed by atoms with E-state index in [9.17, 15) is 13.6 Å². The average Bonchev–Trinajstić information content (AvgIpc) is 2.87. The second kappa shape index (κ2) is 5.01. The Labute approximate surface area is 104 Å². The van der Waals surface area contributed by atoms with Gasteiger partial charge in [0.25, 0.3) is 5.92 Å². The summed E-state index contributed by atoms with van der Waals surface area (Å²) in [6.07, 6.45) is 2.99. The predicted octanol–water partition coefficient (Wildman–Crippen LogP) is 0.385. The van der Waals surface area contributed by atoms with Crippen LogP contribution < -0.4 is 10.6 Å². The molecule has 18 heavy (non-hydrogen) atoms. The lowest BCUT2D eigenvalue weighted by Gasteiger charge is -2.17. The van der Waals surface area contributed by atoms with Crippen LogP contribution in [0.25, 0.3) is 0 Å². The molecule has 1 aliphatic heterocycles. The Morgan fingerprint density at radius 3 is 3.06 bits per heavy atom. The highest BCUT2D eigenvalue weighted by Gasteiger charge is 2.42. The molecule has 2 rings (SSSR count). The van der Waals surface area contributed by atoms with Crippen molar-refractivity contribution in [1.82, 2.24) is 20.4 Å². The lowest BCUT2D eigenvalue weighted by atomic mass is 10.1. The molecule has 1 fully saturated rings. The van der Waals surface area contributed by atoms with Gasteiger partial charge in [0, 0.05) is 24.9 Å². The van der Waals surface area contributed by atoms with Crippen LogP contribution in [0.5, 0.6) is 0 Å². The maximum Gasteiger partial charge on any atom is 0.262 e. The highest BCUT2D eigenvalue weighted by Crippen LogP contribution is 2.25. The van der Waals surface area contributed by atoms with E-state index < -0.39 is 24.9 Å². The number of amides is 1. The minimum atomic E-state index is -2.78. The molecule has 2 heterocycles. The van der Waals surface area contributed by atoms with Gasteiger partial charge in [-0.3, -0.25) is 14.8 Å². The normalized spacial score (nSPS) is 23.8. The van der Waals surface area contributed by atoms with Gasteiger partial charge in [-0.15, -0.1) is 0 Å². The van der Waals surface area contributed by atoms with Crippen LogP contribution in [0.4, 0.5) is 8.78 Å². The third-order valence-corrected chi connectivity index (χ3v) is 2.84. The number of carbonyl (C=O) groups excluding carboxylic acids is 1. The molecule has 7 heteroatoms. The van der Waals surface area contributed by atoms with E-state index in [4.69, 9.17) is 0 Å². The Hall–Kier alpha value is -1.50. The van der Waals surface area contributed by atoms with Crippen LogP contribution in [-0.2, 0) is 11.3 Å².